The smallest absolute Gasteiger partial charge is 0.261 e. The molecule has 0 saturated heterocycles. The zero-order chi connectivity index (χ0) is 25.9. The fourth-order valence-corrected chi connectivity index (χ4v) is 3.91. The Labute approximate surface area is 213 Å². The van der Waals surface area contributed by atoms with Gasteiger partial charge in [-0.1, -0.05) is 54.6 Å². The largest absolute Gasteiger partial charge is 0.496 e. The van der Waals surface area contributed by atoms with Crippen LogP contribution in [0.3, 0.4) is 0 Å². The summed E-state index contributed by atoms with van der Waals surface area (Å²) in [6.07, 6.45) is 0.386. The molecule has 0 aliphatic heterocycles. The number of hydrogen-bond donors (Lipinski definition) is 1. The van der Waals surface area contributed by atoms with Crippen molar-refractivity contribution in [2.45, 2.75) is 32.9 Å². The van der Waals surface area contributed by atoms with E-state index in [9.17, 15) is 9.59 Å². The lowest BCUT2D eigenvalue weighted by Crippen LogP contribution is -2.51. The number of carbonyl (C=O) groups excluding carboxylic acids is 2. The first-order chi connectivity index (χ1) is 17.4. The van der Waals surface area contributed by atoms with E-state index in [1.165, 1.54) is 0 Å². The number of rotatable bonds is 12. The van der Waals surface area contributed by atoms with E-state index in [2.05, 4.69) is 5.32 Å². The van der Waals surface area contributed by atoms with E-state index in [1.807, 2.05) is 68.4 Å². The molecule has 3 rings (SSSR count). The molecule has 1 atom stereocenters. The number of methoxy groups -OCH3 is 2. The third-order valence-electron chi connectivity index (χ3n) is 5.91. The lowest BCUT2D eigenvalue weighted by atomic mass is 10.0. The molecule has 2 amide bonds. The van der Waals surface area contributed by atoms with E-state index in [0.29, 0.717) is 30.2 Å². The number of carbonyl (C=O) groups is 2. The SMILES string of the molecule is CCNC(=O)[C@@H](Cc1ccccc1)N(Cc1ccccc1C)C(=O)COc1cc(OC)cc(OC)c1. The lowest BCUT2D eigenvalue weighted by molar-refractivity contribution is -0.142. The average molecular weight is 491 g/mol. The monoisotopic (exact) mass is 490 g/mol. The first-order valence-corrected chi connectivity index (χ1v) is 12.0. The maximum atomic E-state index is 13.6. The Morgan fingerprint density at radius 1 is 0.889 bits per heavy atom. The van der Waals surface area contributed by atoms with Gasteiger partial charge >= 0.3 is 0 Å². The van der Waals surface area contributed by atoms with Crippen LogP contribution in [-0.4, -0.2) is 50.1 Å². The van der Waals surface area contributed by atoms with Crippen LogP contribution in [0.4, 0.5) is 0 Å². The highest BCUT2D eigenvalue weighted by Gasteiger charge is 2.30. The van der Waals surface area contributed by atoms with Crippen molar-refractivity contribution in [1.82, 2.24) is 10.2 Å². The van der Waals surface area contributed by atoms with Crippen LogP contribution in [-0.2, 0) is 22.6 Å². The van der Waals surface area contributed by atoms with Crippen LogP contribution >= 0.6 is 0 Å². The standard InChI is InChI=1S/C29H34N2O5/c1-5-30-29(33)27(15-22-12-7-6-8-13-22)31(19-23-14-10-9-11-21(23)2)28(32)20-36-26-17-24(34-3)16-25(18-26)35-4/h6-14,16-18,27H,5,15,19-20H2,1-4H3,(H,30,33)/t27-/m1/s1. The van der Waals surface area contributed by atoms with Gasteiger partial charge in [0.05, 0.1) is 14.2 Å². The van der Waals surface area contributed by atoms with Crippen molar-refractivity contribution in [3.63, 3.8) is 0 Å². The van der Waals surface area contributed by atoms with E-state index in [-0.39, 0.29) is 25.0 Å². The molecule has 0 aliphatic rings. The van der Waals surface area contributed by atoms with E-state index >= 15 is 0 Å². The van der Waals surface area contributed by atoms with Crippen molar-refractivity contribution in [1.29, 1.82) is 0 Å². The van der Waals surface area contributed by atoms with Crippen molar-refractivity contribution >= 4 is 11.8 Å². The van der Waals surface area contributed by atoms with Gasteiger partial charge in [-0.3, -0.25) is 9.59 Å². The minimum absolute atomic E-state index is 0.202. The Kier molecular flexibility index (Phi) is 9.74. The minimum atomic E-state index is -0.706. The molecule has 0 aliphatic carbocycles. The van der Waals surface area contributed by atoms with Gasteiger partial charge in [0.15, 0.2) is 6.61 Å². The molecular formula is C29H34N2O5. The van der Waals surface area contributed by atoms with Crippen LogP contribution in [0, 0.1) is 6.92 Å². The van der Waals surface area contributed by atoms with E-state index in [4.69, 9.17) is 14.2 Å². The molecule has 0 bridgehead atoms. The fraction of sp³-hybridized carbons (Fsp3) is 0.310. The number of ether oxygens (including phenoxy) is 3. The van der Waals surface area contributed by atoms with Gasteiger partial charge in [0.2, 0.25) is 5.91 Å². The molecule has 0 heterocycles. The van der Waals surface area contributed by atoms with Crippen LogP contribution in [0.25, 0.3) is 0 Å². The highest BCUT2D eigenvalue weighted by molar-refractivity contribution is 5.88. The highest BCUT2D eigenvalue weighted by atomic mass is 16.5. The first-order valence-electron chi connectivity index (χ1n) is 12.0. The number of amides is 2. The molecule has 1 N–H and O–H groups in total. The Balaban J connectivity index is 1.91. The summed E-state index contributed by atoms with van der Waals surface area (Å²) >= 11 is 0. The predicted octanol–water partition coefficient (Wildman–Crippen LogP) is 4.17. The first kappa shape index (κ1) is 26.6. The van der Waals surface area contributed by atoms with Gasteiger partial charge in [0, 0.05) is 37.7 Å². The Morgan fingerprint density at radius 3 is 2.11 bits per heavy atom. The molecule has 7 nitrogen and oxygen atoms in total. The van der Waals surface area contributed by atoms with Gasteiger partial charge in [-0.25, -0.2) is 0 Å². The molecule has 3 aromatic carbocycles. The second kappa shape index (κ2) is 13.2. The van der Waals surface area contributed by atoms with E-state index in [0.717, 1.165) is 16.7 Å². The van der Waals surface area contributed by atoms with Gasteiger partial charge in [0.1, 0.15) is 23.3 Å². The van der Waals surface area contributed by atoms with Gasteiger partial charge < -0.3 is 24.4 Å². The summed E-state index contributed by atoms with van der Waals surface area (Å²) in [6, 6.07) is 22.0. The summed E-state index contributed by atoms with van der Waals surface area (Å²) < 4.78 is 16.5. The number of hydrogen-bond acceptors (Lipinski definition) is 5. The normalized spacial score (nSPS) is 11.3. The van der Waals surface area contributed by atoms with Gasteiger partial charge in [-0.2, -0.15) is 0 Å². The van der Waals surface area contributed by atoms with Crippen molar-refractivity contribution in [2.24, 2.45) is 0 Å². The number of nitrogens with one attached hydrogen (secondary N) is 1. The molecule has 0 spiro atoms. The van der Waals surface area contributed by atoms with Crippen molar-refractivity contribution in [2.75, 3.05) is 27.4 Å². The topological polar surface area (TPSA) is 77.1 Å². The number of benzene rings is 3. The molecule has 7 heteroatoms. The third kappa shape index (κ3) is 7.25. The summed E-state index contributed by atoms with van der Waals surface area (Å²) in [4.78, 5) is 28.5. The maximum absolute atomic E-state index is 13.6. The predicted molar refractivity (Wildman–Crippen MR) is 139 cm³/mol. The minimum Gasteiger partial charge on any atom is -0.496 e. The molecule has 3 aromatic rings. The van der Waals surface area contributed by atoms with Crippen LogP contribution in [0.5, 0.6) is 17.2 Å². The quantitative estimate of drug-likeness (QED) is 0.412. The summed E-state index contributed by atoms with van der Waals surface area (Å²) in [5.74, 6) is 1.04. The van der Waals surface area contributed by atoms with Gasteiger partial charge in [0.25, 0.3) is 5.91 Å². The second-order valence-electron chi connectivity index (χ2n) is 8.39. The molecule has 0 radical (unpaired) electrons. The molecule has 0 unspecified atom stereocenters. The van der Waals surface area contributed by atoms with Crippen LogP contribution in [0.1, 0.15) is 23.6 Å². The number of aryl methyl sites for hydroxylation is 1. The van der Waals surface area contributed by atoms with Crippen LogP contribution < -0.4 is 19.5 Å². The van der Waals surface area contributed by atoms with Crippen LogP contribution in [0.2, 0.25) is 0 Å². The van der Waals surface area contributed by atoms with Crippen molar-refractivity contribution in [3.8, 4) is 17.2 Å². The fourth-order valence-electron chi connectivity index (χ4n) is 3.91. The summed E-state index contributed by atoms with van der Waals surface area (Å²) in [7, 11) is 3.10. The zero-order valence-electron chi connectivity index (χ0n) is 21.3. The summed E-state index contributed by atoms with van der Waals surface area (Å²) in [5, 5.41) is 2.90. The molecular weight excluding hydrogens is 456 g/mol. The van der Waals surface area contributed by atoms with Crippen molar-refractivity contribution in [3.05, 3.63) is 89.5 Å². The molecule has 190 valence electrons. The summed E-state index contributed by atoms with van der Waals surface area (Å²) in [5.41, 5.74) is 2.98. The molecule has 0 aromatic heterocycles. The van der Waals surface area contributed by atoms with Crippen molar-refractivity contribution < 1.29 is 23.8 Å². The second-order valence-corrected chi connectivity index (χ2v) is 8.39. The molecule has 0 saturated carbocycles. The highest BCUT2D eigenvalue weighted by Crippen LogP contribution is 2.27. The Morgan fingerprint density at radius 2 is 1.50 bits per heavy atom. The average Bonchev–Trinajstić information content (AvgIpc) is 2.90. The van der Waals surface area contributed by atoms with E-state index < -0.39 is 6.04 Å². The number of likely N-dealkylation sites (N-methyl/N-ethyl adjacent to an activating group) is 1. The lowest BCUT2D eigenvalue weighted by Gasteiger charge is -2.32. The van der Waals surface area contributed by atoms with Gasteiger partial charge in [-0.15, -0.1) is 0 Å². The number of nitrogens with zero attached hydrogens (tertiary/aromatic N) is 1. The summed E-state index contributed by atoms with van der Waals surface area (Å²) in [6.45, 7) is 4.37. The third-order valence-corrected chi connectivity index (χ3v) is 5.91. The maximum Gasteiger partial charge on any atom is 0.261 e. The zero-order valence-corrected chi connectivity index (χ0v) is 21.3. The molecule has 0 fully saturated rings. The Bertz CT molecular complexity index is 1130. The van der Waals surface area contributed by atoms with Crippen LogP contribution in [0.15, 0.2) is 72.8 Å². The molecule has 36 heavy (non-hydrogen) atoms. The van der Waals surface area contributed by atoms with E-state index in [1.54, 1.807) is 37.3 Å². The van der Waals surface area contributed by atoms with Gasteiger partial charge in [-0.05, 0) is 30.5 Å². The Hall–Kier alpha value is -4.00.